The van der Waals surface area contributed by atoms with Crippen molar-refractivity contribution in [2.75, 3.05) is 13.2 Å². The number of carbonyl (C=O) groups excluding carboxylic acids is 2. The van der Waals surface area contributed by atoms with Gasteiger partial charge in [-0.3, -0.25) is 9.59 Å². The van der Waals surface area contributed by atoms with Gasteiger partial charge in [-0.05, 0) is 51.4 Å². The van der Waals surface area contributed by atoms with Crippen molar-refractivity contribution in [2.24, 2.45) is 0 Å². The van der Waals surface area contributed by atoms with E-state index < -0.39 is 12.1 Å². The average molecular weight is 792 g/mol. The Morgan fingerprint density at radius 2 is 0.839 bits per heavy atom. The molecule has 0 radical (unpaired) electrons. The minimum atomic E-state index is -0.669. The van der Waals surface area contributed by atoms with Crippen molar-refractivity contribution in [3.63, 3.8) is 0 Å². The molecule has 2 unspecified atom stereocenters. The third kappa shape index (κ3) is 42.2. The van der Waals surface area contributed by atoms with Crippen molar-refractivity contribution in [3.8, 4) is 0 Å². The number of amides is 1. The highest BCUT2D eigenvalue weighted by atomic mass is 16.5. The molecule has 0 aromatic heterocycles. The molecule has 0 aliphatic carbocycles. The van der Waals surface area contributed by atoms with E-state index >= 15 is 0 Å². The fourth-order valence-corrected chi connectivity index (χ4v) is 7.69. The molecular weight excluding hydrogens is 695 g/mol. The van der Waals surface area contributed by atoms with Crippen LogP contribution in [0.4, 0.5) is 0 Å². The van der Waals surface area contributed by atoms with Crippen LogP contribution in [0.1, 0.15) is 271 Å². The van der Waals surface area contributed by atoms with Crippen molar-refractivity contribution < 1.29 is 24.5 Å². The summed E-state index contributed by atoms with van der Waals surface area (Å²) in [4.78, 5) is 24.4. The summed E-state index contributed by atoms with van der Waals surface area (Å²) in [5.74, 6) is -0.0575. The first-order valence-electron chi connectivity index (χ1n) is 24.9. The minimum Gasteiger partial charge on any atom is -0.466 e. The van der Waals surface area contributed by atoms with Crippen molar-refractivity contribution in [1.82, 2.24) is 5.32 Å². The standard InChI is InChI=1S/C50H97NO5/c1-3-5-7-9-11-13-15-16-20-24-28-32-36-40-44-50(55)56-45-41-37-33-29-25-21-18-17-19-23-27-31-35-39-43-49(54)51-47(46-52)48(53)42-38-34-30-26-22-14-12-10-8-6-4-2/h15-16,47-48,52-53H,3-14,17-46H2,1-2H3,(H,51,54)/b16-15-. The first kappa shape index (κ1) is 54.6. The lowest BCUT2D eigenvalue weighted by Crippen LogP contribution is -2.45. The molecule has 0 saturated carbocycles. The fourth-order valence-electron chi connectivity index (χ4n) is 7.69. The molecule has 0 heterocycles. The quantitative estimate of drug-likeness (QED) is 0.0324. The maximum atomic E-state index is 12.4. The van der Waals surface area contributed by atoms with Gasteiger partial charge in [0.2, 0.25) is 5.91 Å². The number of aliphatic hydroxyl groups excluding tert-OH is 2. The third-order valence-electron chi connectivity index (χ3n) is 11.6. The number of hydrogen-bond acceptors (Lipinski definition) is 5. The van der Waals surface area contributed by atoms with Crippen molar-refractivity contribution >= 4 is 11.9 Å². The number of ether oxygens (including phenoxy) is 1. The number of aliphatic hydroxyl groups is 2. The lowest BCUT2D eigenvalue weighted by Gasteiger charge is -2.22. The van der Waals surface area contributed by atoms with Crippen molar-refractivity contribution in [3.05, 3.63) is 12.2 Å². The zero-order valence-electron chi connectivity index (χ0n) is 37.6. The number of rotatable bonds is 46. The first-order chi connectivity index (χ1) is 27.5. The molecule has 0 spiro atoms. The van der Waals surface area contributed by atoms with Crippen LogP contribution in [0, 0.1) is 0 Å². The largest absolute Gasteiger partial charge is 0.466 e. The van der Waals surface area contributed by atoms with Crippen molar-refractivity contribution in [1.29, 1.82) is 0 Å². The van der Waals surface area contributed by atoms with Gasteiger partial charge in [0.05, 0.1) is 25.4 Å². The highest BCUT2D eigenvalue weighted by molar-refractivity contribution is 5.76. The highest BCUT2D eigenvalue weighted by Gasteiger charge is 2.20. The monoisotopic (exact) mass is 792 g/mol. The molecule has 6 heteroatoms. The highest BCUT2D eigenvalue weighted by Crippen LogP contribution is 2.16. The van der Waals surface area contributed by atoms with Crippen LogP contribution >= 0.6 is 0 Å². The number of esters is 1. The van der Waals surface area contributed by atoms with E-state index in [1.807, 2.05) is 0 Å². The van der Waals surface area contributed by atoms with Gasteiger partial charge in [0, 0.05) is 12.8 Å². The number of carbonyl (C=O) groups is 2. The molecule has 0 saturated heterocycles. The van der Waals surface area contributed by atoms with Gasteiger partial charge >= 0.3 is 5.97 Å². The Morgan fingerprint density at radius 3 is 1.27 bits per heavy atom. The van der Waals surface area contributed by atoms with Gasteiger partial charge in [-0.1, -0.05) is 219 Å². The van der Waals surface area contributed by atoms with Crippen LogP contribution in [-0.2, 0) is 14.3 Å². The molecule has 1 amide bonds. The van der Waals surface area contributed by atoms with E-state index in [2.05, 4.69) is 31.3 Å². The Morgan fingerprint density at radius 1 is 0.482 bits per heavy atom. The second-order valence-electron chi connectivity index (χ2n) is 17.1. The smallest absolute Gasteiger partial charge is 0.305 e. The van der Waals surface area contributed by atoms with E-state index in [9.17, 15) is 19.8 Å². The zero-order chi connectivity index (χ0) is 40.8. The molecule has 0 aromatic carbocycles. The summed E-state index contributed by atoms with van der Waals surface area (Å²) in [6.45, 7) is 4.91. The number of allylic oxidation sites excluding steroid dienone is 2. The van der Waals surface area contributed by atoms with Crippen LogP contribution in [0.3, 0.4) is 0 Å². The molecule has 0 bridgehead atoms. The molecule has 6 nitrogen and oxygen atoms in total. The van der Waals surface area contributed by atoms with Crippen LogP contribution in [0.25, 0.3) is 0 Å². The normalized spacial score (nSPS) is 12.7. The van der Waals surface area contributed by atoms with Gasteiger partial charge < -0.3 is 20.3 Å². The van der Waals surface area contributed by atoms with Gasteiger partial charge in [-0.2, -0.15) is 0 Å². The molecule has 2 atom stereocenters. The van der Waals surface area contributed by atoms with Crippen LogP contribution in [0.2, 0.25) is 0 Å². The number of hydrogen-bond donors (Lipinski definition) is 3. The Bertz CT molecular complexity index is 832. The van der Waals surface area contributed by atoms with Crippen LogP contribution in [-0.4, -0.2) is 47.4 Å². The Labute approximate surface area is 349 Å². The Hall–Kier alpha value is -1.40. The summed E-state index contributed by atoms with van der Waals surface area (Å²) in [5, 5.41) is 23.1. The summed E-state index contributed by atoms with van der Waals surface area (Å²) < 4.78 is 5.45. The van der Waals surface area contributed by atoms with Gasteiger partial charge in [-0.15, -0.1) is 0 Å². The maximum Gasteiger partial charge on any atom is 0.305 e. The van der Waals surface area contributed by atoms with E-state index in [0.717, 1.165) is 51.4 Å². The van der Waals surface area contributed by atoms with Crippen LogP contribution in [0.5, 0.6) is 0 Å². The Balaban J connectivity index is 3.43. The summed E-state index contributed by atoms with van der Waals surface area (Å²) in [5.41, 5.74) is 0. The number of nitrogens with one attached hydrogen (secondary N) is 1. The molecule has 56 heavy (non-hydrogen) atoms. The summed E-state index contributed by atoms with van der Waals surface area (Å²) in [6, 6.07) is -0.547. The van der Waals surface area contributed by atoms with Gasteiger partial charge in [0.1, 0.15) is 0 Å². The predicted molar refractivity (Wildman–Crippen MR) is 241 cm³/mol. The average Bonchev–Trinajstić information content (AvgIpc) is 3.20. The van der Waals surface area contributed by atoms with Gasteiger partial charge in [0.15, 0.2) is 0 Å². The molecule has 0 aliphatic rings. The fraction of sp³-hybridized carbons (Fsp3) is 0.920. The summed E-state index contributed by atoms with van der Waals surface area (Å²) >= 11 is 0. The molecule has 0 aliphatic heterocycles. The van der Waals surface area contributed by atoms with Gasteiger partial charge in [0.25, 0.3) is 0 Å². The van der Waals surface area contributed by atoms with Gasteiger partial charge in [-0.25, -0.2) is 0 Å². The zero-order valence-corrected chi connectivity index (χ0v) is 37.6. The number of unbranched alkanes of at least 4 members (excludes halogenated alkanes) is 33. The van der Waals surface area contributed by atoms with E-state index in [4.69, 9.17) is 4.74 Å². The van der Waals surface area contributed by atoms with E-state index in [1.54, 1.807) is 0 Å². The molecule has 332 valence electrons. The lowest BCUT2D eigenvalue weighted by molar-refractivity contribution is -0.143. The molecule has 0 aromatic rings. The molecule has 3 N–H and O–H groups in total. The second kappa shape index (κ2) is 46.3. The van der Waals surface area contributed by atoms with E-state index in [-0.39, 0.29) is 18.5 Å². The third-order valence-corrected chi connectivity index (χ3v) is 11.6. The summed E-state index contributed by atoms with van der Waals surface area (Å²) in [7, 11) is 0. The summed E-state index contributed by atoms with van der Waals surface area (Å²) in [6.07, 6.45) is 51.7. The molecule has 0 rings (SSSR count). The Kier molecular flexibility index (Phi) is 45.1. The predicted octanol–water partition coefficient (Wildman–Crippen LogP) is 14.6. The second-order valence-corrected chi connectivity index (χ2v) is 17.1. The van der Waals surface area contributed by atoms with Crippen molar-refractivity contribution in [2.45, 2.75) is 283 Å². The first-order valence-corrected chi connectivity index (χ1v) is 24.9. The molecule has 0 fully saturated rings. The molecular formula is C50H97NO5. The van der Waals surface area contributed by atoms with E-state index in [0.29, 0.717) is 25.9 Å². The lowest BCUT2D eigenvalue weighted by atomic mass is 10.0. The minimum absolute atomic E-state index is 0.0108. The maximum absolute atomic E-state index is 12.4. The van der Waals surface area contributed by atoms with E-state index in [1.165, 1.54) is 186 Å². The SMILES string of the molecule is CCCCCCC/C=C\CCCCCCCC(=O)OCCCCCCCCCCCCCCCCC(=O)NC(CO)C(O)CCCCCCCCCCCCC. The topological polar surface area (TPSA) is 95.9 Å². The van der Waals surface area contributed by atoms with Crippen LogP contribution in [0.15, 0.2) is 12.2 Å². The van der Waals surface area contributed by atoms with Crippen LogP contribution < -0.4 is 5.32 Å².